The van der Waals surface area contributed by atoms with Gasteiger partial charge in [0.1, 0.15) is 10.7 Å². The van der Waals surface area contributed by atoms with Crippen LogP contribution >= 0.6 is 0 Å². The van der Waals surface area contributed by atoms with E-state index in [-0.39, 0.29) is 10.6 Å². The molecule has 0 spiro atoms. The van der Waals surface area contributed by atoms with Gasteiger partial charge in [-0.15, -0.1) is 0 Å². The van der Waals surface area contributed by atoms with Crippen LogP contribution in [0.25, 0.3) is 0 Å². The lowest BCUT2D eigenvalue weighted by Gasteiger charge is -2.09. The molecule has 1 aromatic carbocycles. The molecule has 0 atom stereocenters. The molecule has 21 heavy (non-hydrogen) atoms. The summed E-state index contributed by atoms with van der Waals surface area (Å²) in [5.74, 6) is -0.163. The first-order valence-electron chi connectivity index (χ1n) is 6.26. The zero-order valence-corrected chi connectivity index (χ0v) is 12.4. The van der Waals surface area contributed by atoms with E-state index in [2.05, 4.69) is 20.0 Å². The third-order valence-corrected chi connectivity index (χ3v) is 3.90. The Morgan fingerprint density at radius 3 is 2.43 bits per heavy atom. The number of aromatic nitrogens is 2. The maximum atomic E-state index is 13.3. The number of sulfonamides is 1. The van der Waals surface area contributed by atoms with Crippen LogP contribution in [0.5, 0.6) is 0 Å². The van der Waals surface area contributed by atoms with Gasteiger partial charge in [-0.3, -0.25) is 4.72 Å². The summed E-state index contributed by atoms with van der Waals surface area (Å²) in [4.78, 5) is 7.70. The highest BCUT2D eigenvalue weighted by Gasteiger charge is 2.16. The van der Waals surface area contributed by atoms with Crippen molar-refractivity contribution in [2.24, 2.45) is 0 Å². The fourth-order valence-corrected chi connectivity index (χ4v) is 2.64. The number of rotatable bonds is 5. The lowest BCUT2D eigenvalue weighted by atomic mass is 10.2. The number of nitrogens with zero attached hydrogens (tertiary/aromatic N) is 2. The molecule has 1 aromatic heterocycles. The predicted molar refractivity (Wildman–Crippen MR) is 78.1 cm³/mol. The minimum absolute atomic E-state index is 0.0916. The number of benzene rings is 1. The Hall–Kier alpha value is -2.22. The molecule has 6 nitrogen and oxygen atoms in total. The fourth-order valence-electron chi connectivity index (χ4n) is 1.71. The van der Waals surface area contributed by atoms with Crippen molar-refractivity contribution in [3.8, 4) is 0 Å². The second kappa shape index (κ2) is 6.04. The molecule has 0 aliphatic carbocycles. The van der Waals surface area contributed by atoms with Gasteiger partial charge in [0.15, 0.2) is 0 Å². The Bertz CT molecular complexity index is 712. The fraction of sp³-hybridized carbons (Fsp3) is 0.231. The van der Waals surface area contributed by atoms with Crippen molar-refractivity contribution in [3.63, 3.8) is 0 Å². The van der Waals surface area contributed by atoms with E-state index in [1.54, 1.807) is 6.92 Å². The van der Waals surface area contributed by atoms with Gasteiger partial charge in [-0.2, -0.15) is 0 Å². The first-order chi connectivity index (χ1) is 9.90. The van der Waals surface area contributed by atoms with Crippen LogP contribution in [0, 0.1) is 12.7 Å². The molecular formula is C13H15FN4O2S. The van der Waals surface area contributed by atoms with Crippen molar-refractivity contribution in [2.45, 2.75) is 18.7 Å². The van der Waals surface area contributed by atoms with Crippen LogP contribution in [0.3, 0.4) is 0 Å². The van der Waals surface area contributed by atoms with E-state index in [9.17, 15) is 12.8 Å². The van der Waals surface area contributed by atoms with Crippen LogP contribution in [-0.2, 0) is 10.0 Å². The number of nitrogens with one attached hydrogen (secondary N) is 2. The average molecular weight is 310 g/mol. The second-order valence-electron chi connectivity index (χ2n) is 4.40. The Balaban J connectivity index is 2.25. The van der Waals surface area contributed by atoms with Gasteiger partial charge in [0, 0.05) is 6.54 Å². The van der Waals surface area contributed by atoms with Gasteiger partial charge in [-0.1, -0.05) is 0 Å². The predicted octanol–water partition coefficient (Wildman–Crippen LogP) is 2.16. The Morgan fingerprint density at radius 2 is 1.86 bits per heavy atom. The van der Waals surface area contributed by atoms with Crippen LogP contribution in [0.4, 0.5) is 16.0 Å². The highest BCUT2D eigenvalue weighted by molar-refractivity contribution is 7.92. The van der Waals surface area contributed by atoms with Gasteiger partial charge >= 0.3 is 0 Å². The first-order valence-corrected chi connectivity index (χ1v) is 7.75. The minimum Gasteiger partial charge on any atom is -0.355 e. The molecule has 0 bridgehead atoms. The summed E-state index contributed by atoms with van der Waals surface area (Å²) >= 11 is 0. The van der Waals surface area contributed by atoms with Crippen LogP contribution in [-0.4, -0.2) is 24.9 Å². The number of anilines is 2. The molecule has 0 aliphatic rings. The smallest absolute Gasteiger partial charge is 0.264 e. The summed E-state index contributed by atoms with van der Waals surface area (Å²) in [5, 5.41) is 2.86. The van der Waals surface area contributed by atoms with E-state index < -0.39 is 15.8 Å². The van der Waals surface area contributed by atoms with Crippen molar-refractivity contribution in [2.75, 3.05) is 16.6 Å². The van der Waals surface area contributed by atoms with Gasteiger partial charge in [0.2, 0.25) is 5.95 Å². The minimum atomic E-state index is -3.85. The van der Waals surface area contributed by atoms with Crippen LogP contribution in [0.1, 0.15) is 12.5 Å². The standard InChI is InChI=1S/C13H15FN4O2S/c1-3-15-13-16-7-12(8-17-13)21(19,20)18-11-5-9(2)4-10(14)6-11/h4-8,18H,3H2,1-2H3,(H,15,16,17). The zero-order chi connectivity index (χ0) is 15.5. The Labute approximate surface area is 122 Å². The van der Waals surface area contributed by atoms with Crippen molar-refractivity contribution in [1.82, 2.24) is 9.97 Å². The van der Waals surface area contributed by atoms with Crippen molar-refractivity contribution in [3.05, 3.63) is 42.0 Å². The zero-order valence-electron chi connectivity index (χ0n) is 11.6. The summed E-state index contributed by atoms with van der Waals surface area (Å²) in [7, 11) is -3.85. The van der Waals surface area contributed by atoms with E-state index in [1.807, 2.05) is 6.92 Å². The maximum Gasteiger partial charge on any atom is 0.264 e. The lowest BCUT2D eigenvalue weighted by Crippen LogP contribution is -2.14. The molecule has 0 saturated heterocycles. The highest BCUT2D eigenvalue weighted by atomic mass is 32.2. The van der Waals surface area contributed by atoms with Crippen LogP contribution < -0.4 is 10.0 Å². The Kier molecular flexibility index (Phi) is 4.37. The van der Waals surface area contributed by atoms with E-state index in [0.717, 1.165) is 6.07 Å². The largest absolute Gasteiger partial charge is 0.355 e. The number of hydrogen-bond donors (Lipinski definition) is 2. The van der Waals surface area contributed by atoms with Crippen molar-refractivity contribution < 1.29 is 12.8 Å². The average Bonchev–Trinajstić information content (AvgIpc) is 2.38. The van der Waals surface area contributed by atoms with Gasteiger partial charge in [-0.05, 0) is 37.6 Å². The summed E-state index contributed by atoms with van der Waals surface area (Å²) in [6, 6.07) is 3.96. The molecule has 0 radical (unpaired) electrons. The SMILES string of the molecule is CCNc1ncc(S(=O)(=O)Nc2cc(C)cc(F)c2)cn1. The number of aryl methyl sites for hydroxylation is 1. The molecule has 0 fully saturated rings. The van der Waals surface area contributed by atoms with Crippen LogP contribution in [0.15, 0.2) is 35.5 Å². The maximum absolute atomic E-state index is 13.3. The topological polar surface area (TPSA) is 84.0 Å². The summed E-state index contributed by atoms with van der Waals surface area (Å²) < 4.78 is 39.9. The highest BCUT2D eigenvalue weighted by Crippen LogP contribution is 2.18. The molecule has 112 valence electrons. The summed E-state index contributed by atoms with van der Waals surface area (Å²) in [6.45, 7) is 4.18. The molecule has 2 aromatic rings. The third kappa shape index (κ3) is 3.88. The summed E-state index contributed by atoms with van der Waals surface area (Å²) in [5.41, 5.74) is 0.773. The lowest BCUT2D eigenvalue weighted by molar-refractivity contribution is 0.600. The normalized spacial score (nSPS) is 11.2. The number of hydrogen-bond acceptors (Lipinski definition) is 5. The molecule has 0 amide bonds. The van der Waals surface area contributed by atoms with Crippen molar-refractivity contribution in [1.29, 1.82) is 0 Å². The molecule has 0 saturated carbocycles. The van der Waals surface area contributed by atoms with Crippen molar-refractivity contribution >= 4 is 21.7 Å². The third-order valence-electron chi connectivity index (χ3n) is 2.57. The molecule has 2 N–H and O–H groups in total. The molecular weight excluding hydrogens is 295 g/mol. The number of halogens is 1. The molecule has 2 rings (SSSR count). The molecule has 8 heteroatoms. The van der Waals surface area contributed by atoms with Crippen LogP contribution in [0.2, 0.25) is 0 Å². The van der Waals surface area contributed by atoms with E-state index in [4.69, 9.17) is 0 Å². The molecule has 0 aliphatic heterocycles. The van der Waals surface area contributed by atoms with Gasteiger partial charge in [-0.25, -0.2) is 22.8 Å². The van der Waals surface area contributed by atoms with E-state index in [1.165, 1.54) is 24.5 Å². The second-order valence-corrected chi connectivity index (χ2v) is 6.08. The monoisotopic (exact) mass is 310 g/mol. The first kappa shape index (κ1) is 15.2. The van der Waals surface area contributed by atoms with Gasteiger partial charge in [0.05, 0.1) is 18.1 Å². The van der Waals surface area contributed by atoms with E-state index in [0.29, 0.717) is 18.1 Å². The van der Waals surface area contributed by atoms with Gasteiger partial charge < -0.3 is 5.32 Å². The quantitative estimate of drug-likeness (QED) is 0.884. The van der Waals surface area contributed by atoms with Gasteiger partial charge in [0.25, 0.3) is 10.0 Å². The van der Waals surface area contributed by atoms with E-state index >= 15 is 0 Å². The summed E-state index contributed by atoms with van der Waals surface area (Å²) in [6.07, 6.45) is 2.39. The molecule has 1 heterocycles. The Morgan fingerprint density at radius 1 is 1.19 bits per heavy atom. The molecule has 0 unspecified atom stereocenters.